The highest BCUT2D eigenvalue weighted by molar-refractivity contribution is 5.41. The van der Waals surface area contributed by atoms with Gasteiger partial charge >= 0.3 is 6.18 Å². The van der Waals surface area contributed by atoms with Gasteiger partial charge < -0.3 is 10.6 Å². The number of rotatable bonds is 2. The fourth-order valence-corrected chi connectivity index (χ4v) is 2.71. The van der Waals surface area contributed by atoms with Gasteiger partial charge in [0.25, 0.3) is 0 Å². The molecule has 0 atom stereocenters. The molecule has 3 heterocycles. The maximum Gasteiger partial charge on any atom is 0.417 e. The van der Waals surface area contributed by atoms with Crippen molar-refractivity contribution in [1.82, 2.24) is 15.2 Å². The Hall–Kier alpha value is -2.25. The monoisotopic (exact) mass is 311 g/mol. The van der Waals surface area contributed by atoms with Crippen LogP contribution in [-0.2, 0) is 6.18 Å². The number of piperidine rings is 1. The van der Waals surface area contributed by atoms with Crippen LogP contribution in [0.4, 0.5) is 24.8 Å². The summed E-state index contributed by atoms with van der Waals surface area (Å²) in [5.74, 6) is 1.44. The van der Waals surface area contributed by atoms with Gasteiger partial charge in [0.1, 0.15) is 11.6 Å². The summed E-state index contributed by atoms with van der Waals surface area (Å²) in [6.45, 7) is 1.46. The zero-order valence-corrected chi connectivity index (χ0v) is 11.8. The van der Waals surface area contributed by atoms with E-state index in [9.17, 15) is 13.2 Å². The van der Waals surface area contributed by atoms with Crippen LogP contribution in [0, 0.1) is 0 Å². The molecule has 0 bridgehead atoms. The third-order valence-electron chi connectivity index (χ3n) is 3.93. The number of nitrogens with one attached hydrogen (secondary N) is 1. The first kappa shape index (κ1) is 14.7. The minimum atomic E-state index is -4.35. The van der Waals surface area contributed by atoms with Gasteiger partial charge in [-0.2, -0.15) is 18.3 Å². The fraction of sp³-hybridized carbons (Fsp3) is 0.429. The Morgan fingerprint density at radius 3 is 2.45 bits per heavy atom. The molecule has 118 valence electrons. The number of aromatic nitrogens is 3. The number of nitrogens with two attached hydrogens (primary N) is 1. The molecule has 0 saturated carbocycles. The number of hydrogen-bond donors (Lipinski definition) is 2. The average molecular weight is 311 g/mol. The number of pyridine rings is 1. The zero-order valence-electron chi connectivity index (χ0n) is 11.8. The zero-order chi connectivity index (χ0) is 15.7. The molecule has 0 aromatic carbocycles. The van der Waals surface area contributed by atoms with Gasteiger partial charge in [0.15, 0.2) is 0 Å². The molecule has 3 rings (SSSR count). The van der Waals surface area contributed by atoms with Crippen LogP contribution < -0.4 is 10.6 Å². The summed E-state index contributed by atoms with van der Waals surface area (Å²) >= 11 is 0. The van der Waals surface area contributed by atoms with Crippen molar-refractivity contribution in [3.05, 3.63) is 35.7 Å². The largest absolute Gasteiger partial charge is 0.417 e. The molecular formula is C14H16F3N5. The van der Waals surface area contributed by atoms with Crippen molar-refractivity contribution in [2.75, 3.05) is 23.7 Å². The van der Waals surface area contributed by atoms with Gasteiger partial charge in [-0.25, -0.2) is 4.98 Å². The van der Waals surface area contributed by atoms with E-state index >= 15 is 0 Å². The summed E-state index contributed by atoms with van der Waals surface area (Å²) in [6.07, 6.45) is -1.73. The van der Waals surface area contributed by atoms with E-state index in [1.165, 1.54) is 6.07 Å². The van der Waals surface area contributed by atoms with Crippen molar-refractivity contribution >= 4 is 11.6 Å². The van der Waals surface area contributed by atoms with E-state index in [4.69, 9.17) is 5.73 Å². The maximum atomic E-state index is 12.5. The second-order valence-electron chi connectivity index (χ2n) is 5.41. The number of halogens is 3. The van der Waals surface area contributed by atoms with Crippen LogP contribution >= 0.6 is 0 Å². The van der Waals surface area contributed by atoms with Crippen LogP contribution in [0.1, 0.15) is 30.0 Å². The van der Waals surface area contributed by atoms with Crippen LogP contribution in [0.5, 0.6) is 0 Å². The van der Waals surface area contributed by atoms with Crippen LogP contribution in [0.15, 0.2) is 24.4 Å². The Morgan fingerprint density at radius 1 is 1.23 bits per heavy atom. The summed E-state index contributed by atoms with van der Waals surface area (Å²) < 4.78 is 37.6. The average Bonchev–Trinajstić information content (AvgIpc) is 2.93. The van der Waals surface area contributed by atoms with Crippen molar-refractivity contribution in [3.63, 3.8) is 0 Å². The first-order valence-corrected chi connectivity index (χ1v) is 7.02. The molecule has 1 fully saturated rings. The highest BCUT2D eigenvalue weighted by Gasteiger charge is 2.31. The fourth-order valence-electron chi connectivity index (χ4n) is 2.71. The summed E-state index contributed by atoms with van der Waals surface area (Å²) in [5, 5.41) is 6.89. The SMILES string of the molecule is Nc1cc(C2CCN(c3ccc(C(F)(F)F)cn3)CC2)n[nH]1. The van der Waals surface area contributed by atoms with Crippen LogP contribution in [0.2, 0.25) is 0 Å². The number of aromatic amines is 1. The molecule has 22 heavy (non-hydrogen) atoms. The maximum absolute atomic E-state index is 12.5. The lowest BCUT2D eigenvalue weighted by Gasteiger charge is -2.32. The van der Waals surface area contributed by atoms with Crippen molar-refractivity contribution in [3.8, 4) is 0 Å². The minimum Gasteiger partial charge on any atom is -0.384 e. The number of hydrogen-bond acceptors (Lipinski definition) is 4. The molecule has 1 saturated heterocycles. The summed E-state index contributed by atoms with van der Waals surface area (Å²) in [5.41, 5.74) is 5.84. The minimum absolute atomic E-state index is 0.319. The number of nitrogens with zero attached hydrogens (tertiary/aromatic N) is 3. The molecule has 0 spiro atoms. The van der Waals surface area contributed by atoms with Crippen molar-refractivity contribution in [2.45, 2.75) is 24.9 Å². The Balaban J connectivity index is 1.64. The first-order valence-electron chi connectivity index (χ1n) is 7.02. The summed E-state index contributed by atoms with van der Waals surface area (Å²) in [4.78, 5) is 5.93. The van der Waals surface area contributed by atoms with Gasteiger partial charge in [-0.1, -0.05) is 0 Å². The Morgan fingerprint density at radius 2 is 1.95 bits per heavy atom. The summed E-state index contributed by atoms with van der Waals surface area (Å²) in [6, 6.07) is 4.33. The second-order valence-corrected chi connectivity index (χ2v) is 5.41. The van der Waals surface area contributed by atoms with E-state index in [-0.39, 0.29) is 0 Å². The molecule has 3 N–H and O–H groups in total. The smallest absolute Gasteiger partial charge is 0.384 e. The highest BCUT2D eigenvalue weighted by atomic mass is 19.4. The molecule has 5 nitrogen and oxygen atoms in total. The molecule has 1 aliphatic rings. The van der Waals surface area contributed by atoms with Crippen LogP contribution in [-0.4, -0.2) is 28.3 Å². The van der Waals surface area contributed by atoms with Gasteiger partial charge in [0.2, 0.25) is 0 Å². The van der Waals surface area contributed by atoms with Crippen LogP contribution in [0.3, 0.4) is 0 Å². The lowest BCUT2D eigenvalue weighted by molar-refractivity contribution is -0.137. The van der Waals surface area contributed by atoms with Gasteiger partial charge in [-0.05, 0) is 25.0 Å². The first-order chi connectivity index (χ1) is 10.4. The Bertz CT molecular complexity index is 627. The molecule has 0 amide bonds. The standard InChI is InChI=1S/C14H16F3N5/c15-14(16,17)10-1-2-13(19-8-10)22-5-3-9(4-6-22)11-7-12(18)21-20-11/h1-2,7-9H,3-6H2,(H3,18,20,21). The molecule has 0 unspecified atom stereocenters. The van der Waals surface area contributed by atoms with Gasteiger partial charge in [0, 0.05) is 31.3 Å². The van der Waals surface area contributed by atoms with E-state index in [2.05, 4.69) is 15.2 Å². The molecule has 2 aromatic rings. The van der Waals surface area contributed by atoms with Gasteiger partial charge in [0.05, 0.1) is 11.3 Å². The Labute approximate surface area is 125 Å². The predicted molar refractivity (Wildman–Crippen MR) is 76.4 cm³/mol. The highest BCUT2D eigenvalue weighted by Crippen LogP contribution is 2.32. The third kappa shape index (κ3) is 3.00. The third-order valence-corrected chi connectivity index (χ3v) is 3.93. The van der Waals surface area contributed by atoms with Gasteiger partial charge in [-0.15, -0.1) is 0 Å². The van der Waals surface area contributed by atoms with Gasteiger partial charge in [-0.3, -0.25) is 5.10 Å². The number of H-pyrrole nitrogens is 1. The van der Waals surface area contributed by atoms with E-state index in [0.717, 1.165) is 43.9 Å². The number of nitrogen functional groups attached to an aromatic ring is 1. The molecule has 2 aromatic heterocycles. The van der Waals surface area contributed by atoms with Crippen LogP contribution in [0.25, 0.3) is 0 Å². The molecule has 0 radical (unpaired) electrons. The lowest BCUT2D eigenvalue weighted by atomic mass is 9.93. The molecular weight excluding hydrogens is 295 g/mol. The van der Waals surface area contributed by atoms with Crippen molar-refractivity contribution in [2.24, 2.45) is 0 Å². The van der Waals surface area contributed by atoms with Crippen molar-refractivity contribution in [1.29, 1.82) is 0 Å². The molecule has 0 aliphatic carbocycles. The van der Waals surface area contributed by atoms with E-state index in [1.54, 1.807) is 0 Å². The van der Waals surface area contributed by atoms with Crippen molar-refractivity contribution < 1.29 is 13.2 Å². The lowest BCUT2D eigenvalue weighted by Crippen LogP contribution is -2.33. The number of anilines is 2. The predicted octanol–water partition coefficient (Wildman–Crippen LogP) is 2.79. The van der Waals surface area contributed by atoms with E-state index in [0.29, 0.717) is 17.6 Å². The molecule has 1 aliphatic heterocycles. The quantitative estimate of drug-likeness (QED) is 0.894. The summed E-state index contributed by atoms with van der Waals surface area (Å²) in [7, 11) is 0. The van der Waals surface area contributed by atoms with E-state index in [1.807, 2.05) is 11.0 Å². The topological polar surface area (TPSA) is 70.8 Å². The Kier molecular flexibility index (Phi) is 3.67. The normalized spacial score (nSPS) is 17.0. The number of alkyl halides is 3. The van der Waals surface area contributed by atoms with E-state index < -0.39 is 11.7 Å². The second kappa shape index (κ2) is 5.51. The molecule has 8 heteroatoms.